The molecule has 2 N–H and O–H groups in total. The molecule has 0 aromatic carbocycles. The van der Waals surface area contributed by atoms with E-state index in [2.05, 4.69) is 45.3 Å². The quantitative estimate of drug-likeness (QED) is 0.309. The maximum atomic E-state index is 3.72. The Morgan fingerprint density at radius 1 is 0.667 bits per heavy atom. The van der Waals surface area contributed by atoms with Gasteiger partial charge in [0.25, 0.3) is 0 Å². The van der Waals surface area contributed by atoms with Crippen LogP contribution in [-0.4, -0.2) is 18.8 Å². The minimum Gasteiger partial charge on any atom is -0.300 e. The van der Waals surface area contributed by atoms with Crippen LogP contribution in [0.1, 0.15) is 98.8 Å². The van der Waals surface area contributed by atoms with E-state index in [9.17, 15) is 0 Å². The number of nitrogens with one attached hydrogen (secondary N) is 2. The molecule has 0 heterocycles. The lowest BCUT2D eigenvalue weighted by molar-refractivity contribution is 0.158. The predicted octanol–water partition coefficient (Wildman–Crippen LogP) is 5.48. The van der Waals surface area contributed by atoms with Crippen molar-refractivity contribution in [2.24, 2.45) is 5.92 Å². The van der Waals surface area contributed by atoms with Gasteiger partial charge < -0.3 is 0 Å². The van der Waals surface area contributed by atoms with Crippen LogP contribution < -0.4 is 10.6 Å². The third-order valence-corrected chi connectivity index (χ3v) is 4.72. The molecule has 128 valence electrons. The summed E-state index contributed by atoms with van der Waals surface area (Å²) in [6, 6.07) is 0. The van der Waals surface area contributed by atoms with Gasteiger partial charge in [-0.05, 0) is 38.8 Å². The second-order valence-corrected chi connectivity index (χ2v) is 6.66. The minimum atomic E-state index is 0.113. The van der Waals surface area contributed by atoms with Gasteiger partial charge >= 0.3 is 0 Å². The topological polar surface area (TPSA) is 24.1 Å². The van der Waals surface area contributed by atoms with Gasteiger partial charge in [-0.25, -0.2) is 0 Å². The molecule has 0 radical (unpaired) electrons. The molecule has 0 amide bonds. The van der Waals surface area contributed by atoms with E-state index in [0.717, 1.165) is 19.0 Å². The van der Waals surface area contributed by atoms with E-state index in [-0.39, 0.29) is 5.66 Å². The Hall–Kier alpha value is -0.0800. The van der Waals surface area contributed by atoms with E-state index < -0.39 is 0 Å². The molecule has 0 bridgehead atoms. The number of unbranched alkanes of at least 4 members (excludes halogenated alkanes) is 6. The average Bonchev–Trinajstić information content (AvgIpc) is 2.46. The molecule has 0 aliphatic rings. The number of hydrogen-bond acceptors (Lipinski definition) is 2. The van der Waals surface area contributed by atoms with Crippen molar-refractivity contribution in [3.8, 4) is 0 Å². The third kappa shape index (κ3) is 9.52. The highest BCUT2D eigenvalue weighted by atomic mass is 15.2. The van der Waals surface area contributed by atoms with Crippen molar-refractivity contribution in [3.05, 3.63) is 0 Å². The summed E-state index contributed by atoms with van der Waals surface area (Å²) in [5, 5.41) is 7.44. The predicted molar refractivity (Wildman–Crippen MR) is 96.8 cm³/mol. The first-order valence-corrected chi connectivity index (χ1v) is 9.64. The van der Waals surface area contributed by atoms with Crippen molar-refractivity contribution in [1.82, 2.24) is 10.6 Å². The maximum Gasteiger partial charge on any atom is 0.0686 e. The van der Waals surface area contributed by atoms with Crippen molar-refractivity contribution in [2.45, 2.75) is 104 Å². The zero-order valence-corrected chi connectivity index (χ0v) is 15.6. The molecule has 0 aromatic heterocycles. The number of hydrogen-bond donors (Lipinski definition) is 2. The molecule has 0 aromatic rings. The Bertz CT molecular complexity index is 210. The van der Waals surface area contributed by atoms with E-state index in [1.807, 2.05) is 0 Å². The smallest absolute Gasteiger partial charge is 0.0686 e. The highest BCUT2D eigenvalue weighted by Crippen LogP contribution is 2.27. The summed E-state index contributed by atoms with van der Waals surface area (Å²) in [4.78, 5) is 0. The zero-order valence-electron chi connectivity index (χ0n) is 15.6. The molecule has 0 aliphatic heterocycles. The summed E-state index contributed by atoms with van der Waals surface area (Å²) < 4.78 is 0. The molecule has 2 heteroatoms. The van der Waals surface area contributed by atoms with Gasteiger partial charge in [-0.15, -0.1) is 0 Å². The molecule has 0 saturated heterocycles. The van der Waals surface area contributed by atoms with E-state index in [0.29, 0.717) is 0 Å². The number of rotatable bonds is 15. The van der Waals surface area contributed by atoms with Gasteiger partial charge in [0.15, 0.2) is 0 Å². The molecule has 0 fully saturated rings. The highest BCUT2D eigenvalue weighted by molar-refractivity contribution is 4.87. The second-order valence-electron chi connectivity index (χ2n) is 6.66. The van der Waals surface area contributed by atoms with Crippen LogP contribution in [0, 0.1) is 5.92 Å². The summed E-state index contributed by atoms with van der Waals surface area (Å²) in [5.74, 6) is 0.753. The molecule has 2 nitrogen and oxygen atoms in total. The van der Waals surface area contributed by atoms with Crippen molar-refractivity contribution in [3.63, 3.8) is 0 Å². The monoisotopic (exact) mass is 298 g/mol. The molecule has 0 aliphatic carbocycles. The third-order valence-electron chi connectivity index (χ3n) is 4.72. The summed E-state index contributed by atoms with van der Waals surface area (Å²) in [6.45, 7) is 13.5. The largest absolute Gasteiger partial charge is 0.300 e. The molecule has 0 saturated carbocycles. The van der Waals surface area contributed by atoms with E-state index in [4.69, 9.17) is 0 Å². The fraction of sp³-hybridized carbons (Fsp3) is 1.00. The molecule has 0 spiro atoms. The SMILES string of the molecule is CCCCCCCCC(CCCC)C(C)(NCC)NCC. The minimum absolute atomic E-state index is 0.113. The first-order valence-electron chi connectivity index (χ1n) is 9.64. The fourth-order valence-electron chi connectivity index (χ4n) is 3.43. The Morgan fingerprint density at radius 3 is 1.67 bits per heavy atom. The van der Waals surface area contributed by atoms with Crippen molar-refractivity contribution >= 4 is 0 Å². The van der Waals surface area contributed by atoms with E-state index in [1.54, 1.807) is 0 Å². The summed E-state index contributed by atoms with van der Waals surface area (Å²) >= 11 is 0. The van der Waals surface area contributed by atoms with Crippen LogP contribution in [0.2, 0.25) is 0 Å². The van der Waals surface area contributed by atoms with Gasteiger partial charge in [0, 0.05) is 0 Å². The van der Waals surface area contributed by atoms with Gasteiger partial charge in [0.2, 0.25) is 0 Å². The Labute approximate surface area is 134 Å². The summed E-state index contributed by atoms with van der Waals surface area (Å²) in [5.41, 5.74) is 0.113. The molecule has 0 rings (SSSR count). The van der Waals surface area contributed by atoms with Crippen LogP contribution in [0.15, 0.2) is 0 Å². The van der Waals surface area contributed by atoms with Crippen molar-refractivity contribution < 1.29 is 0 Å². The summed E-state index contributed by atoms with van der Waals surface area (Å²) in [7, 11) is 0. The van der Waals surface area contributed by atoms with Crippen LogP contribution in [-0.2, 0) is 0 Å². The lowest BCUT2D eigenvalue weighted by atomic mass is 9.84. The second kappa shape index (κ2) is 13.6. The van der Waals surface area contributed by atoms with Gasteiger partial charge in [-0.1, -0.05) is 79.1 Å². The first kappa shape index (κ1) is 20.9. The lowest BCUT2D eigenvalue weighted by Gasteiger charge is -2.40. The summed E-state index contributed by atoms with van der Waals surface area (Å²) in [6.07, 6.45) is 13.8. The molecule has 1 atom stereocenters. The maximum absolute atomic E-state index is 3.72. The average molecular weight is 299 g/mol. The Kier molecular flexibility index (Phi) is 13.5. The Balaban J connectivity index is 4.32. The van der Waals surface area contributed by atoms with E-state index >= 15 is 0 Å². The highest BCUT2D eigenvalue weighted by Gasteiger charge is 2.31. The zero-order chi connectivity index (χ0) is 16.0. The molecular formula is C19H42N2. The molecule has 1 unspecified atom stereocenters. The van der Waals surface area contributed by atoms with Gasteiger partial charge in [-0.2, -0.15) is 0 Å². The first-order chi connectivity index (χ1) is 10.1. The normalized spacial score (nSPS) is 13.6. The van der Waals surface area contributed by atoms with Gasteiger partial charge in [-0.3, -0.25) is 10.6 Å². The van der Waals surface area contributed by atoms with Crippen molar-refractivity contribution in [2.75, 3.05) is 13.1 Å². The van der Waals surface area contributed by atoms with Crippen LogP contribution in [0.5, 0.6) is 0 Å². The molecule has 21 heavy (non-hydrogen) atoms. The Morgan fingerprint density at radius 2 is 1.14 bits per heavy atom. The lowest BCUT2D eigenvalue weighted by Crippen LogP contribution is -2.59. The van der Waals surface area contributed by atoms with Crippen LogP contribution in [0.3, 0.4) is 0 Å². The van der Waals surface area contributed by atoms with Crippen LogP contribution >= 0.6 is 0 Å². The fourth-order valence-corrected chi connectivity index (χ4v) is 3.43. The van der Waals surface area contributed by atoms with Gasteiger partial charge in [0.1, 0.15) is 0 Å². The van der Waals surface area contributed by atoms with Gasteiger partial charge in [0.05, 0.1) is 5.66 Å². The van der Waals surface area contributed by atoms with Crippen molar-refractivity contribution in [1.29, 1.82) is 0 Å². The standard InChI is InChI=1S/C19H42N2/c1-6-10-12-13-14-15-17-18(16-11-7-2)19(5,20-8-3)21-9-4/h18,20-21H,6-17H2,1-5H3. The van der Waals surface area contributed by atoms with Crippen LogP contribution in [0.4, 0.5) is 0 Å². The van der Waals surface area contributed by atoms with E-state index in [1.165, 1.54) is 64.2 Å². The molecular weight excluding hydrogens is 256 g/mol. The van der Waals surface area contributed by atoms with Crippen LogP contribution in [0.25, 0.3) is 0 Å².